The standard InChI is InChI=1S/C6H17N3O4S2/c1-3-9(14(2,10)11)6-4-5-8-15(7,12)13/h8H,3-6H2,1-2H3,(H2,7,12,13). The second-order valence-corrected chi connectivity index (χ2v) is 6.41. The maximum absolute atomic E-state index is 11.1. The molecule has 0 rings (SSSR count). The van der Waals surface area contributed by atoms with E-state index in [-0.39, 0.29) is 13.1 Å². The first-order chi connectivity index (χ1) is 6.67. The second-order valence-electron chi connectivity index (χ2n) is 3.05. The Morgan fingerprint density at radius 1 is 1.27 bits per heavy atom. The van der Waals surface area contributed by atoms with Crippen LogP contribution in [-0.4, -0.2) is 47.0 Å². The molecule has 0 fully saturated rings. The van der Waals surface area contributed by atoms with Gasteiger partial charge in [-0.2, -0.15) is 8.42 Å². The Morgan fingerprint density at radius 3 is 2.13 bits per heavy atom. The van der Waals surface area contributed by atoms with Crippen molar-refractivity contribution in [3.63, 3.8) is 0 Å². The Hall–Kier alpha value is -0.220. The Balaban J connectivity index is 3.95. The number of rotatable bonds is 7. The molecule has 0 spiro atoms. The first-order valence-corrected chi connectivity index (χ1v) is 7.79. The van der Waals surface area contributed by atoms with Crippen LogP contribution < -0.4 is 9.86 Å². The van der Waals surface area contributed by atoms with Gasteiger partial charge in [-0.15, -0.1) is 0 Å². The van der Waals surface area contributed by atoms with Crippen LogP contribution in [0.5, 0.6) is 0 Å². The largest absolute Gasteiger partial charge is 0.274 e. The fourth-order valence-electron chi connectivity index (χ4n) is 1.03. The Bertz CT molecular complexity index is 375. The molecule has 0 unspecified atom stereocenters. The fraction of sp³-hybridized carbons (Fsp3) is 1.00. The Kier molecular flexibility index (Phi) is 5.67. The number of nitrogens with two attached hydrogens (primary N) is 1. The van der Waals surface area contributed by atoms with E-state index in [4.69, 9.17) is 5.14 Å². The molecule has 0 aliphatic rings. The third-order valence-electron chi connectivity index (χ3n) is 1.71. The highest BCUT2D eigenvalue weighted by molar-refractivity contribution is 7.88. The van der Waals surface area contributed by atoms with E-state index in [1.165, 1.54) is 4.31 Å². The summed E-state index contributed by atoms with van der Waals surface area (Å²) in [5.41, 5.74) is 0. The van der Waals surface area contributed by atoms with Gasteiger partial charge in [-0.25, -0.2) is 22.6 Å². The average Bonchev–Trinajstić information content (AvgIpc) is 1.99. The molecule has 0 atom stereocenters. The molecule has 0 aromatic heterocycles. The van der Waals surface area contributed by atoms with E-state index in [0.29, 0.717) is 13.0 Å². The lowest BCUT2D eigenvalue weighted by molar-refractivity contribution is 0.424. The smallest absolute Gasteiger partial charge is 0.216 e. The Morgan fingerprint density at radius 2 is 1.80 bits per heavy atom. The van der Waals surface area contributed by atoms with Crippen molar-refractivity contribution in [3.05, 3.63) is 0 Å². The molecule has 3 N–H and O–H groups in total. The van der Waals surface area contributed by atoms with Gasteiger partial charge in [0.2, 0.25) is 10.0 Å². The number of hydrogen-bond acceptors (Lipinski definition) is 4. The lowest BCUT2D eigenvalue weighted by Gasteiger charge is -2.17. The molecule has 0 aromatic rings. The van der Waals surface area contributed by atoms with Crippen molar-refractivity contribution in [2.24, 2.45) is 5.14 Å². The summed E-state index contributed by atoms with van der Waals surface area (Å²) in [5, 5.41) is 4.70. The van der Waals surface area contributed by atoms with Crippen molar-refractivity contribution in [1.82, 2.24) is 9.03 Å². The first kappa shape index (κ1) is 14.8. The van der Waals surface area contributed by atoms with Gasteiger partial charge in [0.1, 0.15) is 0 Å². The molecule has 9 heteroatoms. The van der Waals surface area contributed by atoms with E-state index in [2.05, 4.69) is 4.72 Å². The Labute approximate surface area is 90.9 Å². The summed E-state index contributed by atoms with van der Waals surface area (Å²) < 4.78 is 46.5. The third kappa shape index (κ3) is 7.68. The van der Waals surface area contributed by atoms with Gasteiger partial charge >= 0.3 is 0 Å². The normalized spacial score (nSPS) is 13.3. The van der Waals surface area contributed by atoms with Crippen molar-refractivity contribution in [2.75, 3.05) is 25.9 Å². The van der Waals surface area contributed by atoms with Gasteiger partial charge in [0.15, 0.2) is 0 Å². The molecule has 7 nitrogen and oxygen atoms in total. The molecular weight excluding hydrogens is 242 g/mol. The molecule has 0 saturated carbocycles. The van der Waals surface area contributed by atoms with Gasteiger partial charge in [-0.05, 0) is 6.42 Å². The highest BCUT2D eigenvalue weighted by atomic mass is 32.2. The van der Waals surface area contributed by atoms with Gasteiger partial charge in [0.25, 0.3) is 10.2 Å². The van der Waals surface area contributed by atoms with Crippen LogP contribution in [0.15, 0.2) is 0 Å². The zero-order valence-electron chi connectivity index (χ0n) is 8.80. The molecule has 0 aliphatic heterocycles. The number of sulfonamides is 1. The predicted octanol–water partition coefficient (Wildman–Crippen LogP) is -1.55. The van der Waals surface area contributed by atoms with Crippen LogP contribution in [-0.2, 0) is 20.2 Å². The minimum atomic E-state index is -3.68. The molecule has 0 aliphatic carbocycles. The highest BCUT2D eigenvalue weighted by Crippen LogP contribution is 1.98. The summed E-state index contributed by atoms with van der Waals surface area (Å²) in [5.74, 6) is 0. The van der Waals surface area contributed by atoms with E-state index in [1.807, 2.05) is 0 Å². The van der Waals surface area contributed by atoms with E-state index >= 15 is 0 Å². The topological polar surface area (TPSA) is 110 Å². The molecule has 15 heavy (non-hydrogen) atoms. The molecular formula is C6H17N3O4S2. The zero-order valence-corrected chi connectivity index (χ0v) is 10.4. The molecule has 0 aromatic carbocycles. The van der Waals surface area contributed by atoms with Crippen LogP contribution in [0.4, 0.5) is 0 Å². The van der Waals surface area contributed by atoms with Crippen molar-refractivity contribution < 1.29 is 16.8 Å². The van der Waals surface area contributed by atoms with E-state index in [0.717, 1.165) is 6.26 Å². The van der Waals surface area contributed by atoms with Crippen LogP contribution in [0.3, 0.4) is 0 Å². The monoisotopic (exact) mass is 259 g/mol. The van der Waals surface area contributed by atoms with E-state index in [9.17, 15) is 16.8 Å². The van der Waals surface area contributed by atoms with Gasteiger partial charge < -0.3 is 0 Å². The molecule has 0 bridgehead atoms. The van der Waals surface area contributed by atoms with Crippen LogP contribution in [0, 0.1) is 0 Å². The summed E-state index contributed by atoms with van der Waals surface area (Å²) in [6.45, 7) is 2.49. The molecule has 0 radical (unpaired) electrons. The molecule has 92 valence electrons. The van der Waals surface area contributed by atoms with Crippen molar-refractivity contribution in [1.29, 1.82) is 0 Å². The number of hydrogen-bond donors (Lipinski definition) is 2. The summed E-state index contributed by atoms with van der Waals surface area (Å²) >= 11 is 0. The predicted molar refractivity (Wildman–Crippen MR) is 57.8 cm³/mol. The lowest BCUT2D eigenvalue weighted by atomic mass is 10.4. The lowest BCUT2D eigenvalue weighted by Crippen LogP contribution is -2.35. The minimum Gasteiger partial charge on any atom is -0.216 e. The van der Waals surface area contributed by atoms with Gasteiger partial charge in [-0.1, -0.05) is 6.92 Å². The second kappa shape index (κ2) is 5.75. The highest BCUT2D eigenvalue weighted by Gasteiger charge is 2.13. The SMILES string of the molecule is CCN(CCCNS(N)(=O)=O)S(C)(=O)=O. The summed E-state index contributed by atoms with van der Waals surface area (Å²) in [6, 6.07) is 0. The maximum Gasteiger partial charge on any atom is 0.274 e. The van der Waals surface area contributed by atoms with E-state index in [1.54, 1.807) is 6.92 Å². The molecule has 0 saturated heterocycles. The molecule has 0 heterocycles. The van der Waals surface area contributed by atoms with Crippen LogP contribution in [0.2, 0.25) is 0 Å². The quantitative estimate of drug-likeness (QED) is 0.539. The number of nitrogens with one attached hydrogen (secondary N) is 1. The zero-order chi connectivity index (χ0) is 12.1. The third-order valence-corrected chi connectivity index (χ3v) is 3.69. The minimum absolute atomic E-state index is 0.130. The number of nitrogens with zero attached hydrogens (tertiary/aromatic N) is 1. The van der Waals surface area contributed by atoms with Crippen molar-refractivity contribution in [3.8, 4) is 0 Å². The summed E-state index contributed by atoms with van der Waals surface area (Å²) in [6.07, 6.45) is 1.50. The van der Waals surface area contributed by atoms with Crippen molar-refractivity contribution >= 4 is 20.2 Å². The molecule has 0 amide bonds. The summed E-state index contributed by atoms with van der Waals surface area (Å²) in [4.78, 5) is 0. The van der Waals surface area contributed by atoms with Crippen molar-refractivity contribution in [2.45, 2.75) is 13.3 Å². The van der Waals surface area contributed by atoms with Gasteiger partial charge in [0.05, 0.1) is 6.26 Å². The average molecular weight is 259 g/mol. The van der Waals surface area contributed by atoms with Gasteiger partial charge in [0, 0.05) is 19.6 Å². The maximum atomic E-state index is 11.1. The van der Waals surface area contributed by atoms with Crippen LogP contribution in [0.1, 0.15) is 13.3 Å². The van der Waals surface area contributed by atoms with Gasteiger partial charge in [-0.3, -0.25) is 0 Å². The first-order valence-electron chi connectivity index (χ1n) is 4.39. The van der Waals surface area contributed by atoms with E-state index < -0.39 is 20.2 Å². The van der Waals surface area contributed by atoms with Crippen LogP contribution >= 0.6 is 0 Å². The summed E-state index contributed by atoms with van der Waals surface area (Å²) in [7, 11) is -6.89. The van der Waals surface area contributed by atoms with Crippen LogP contribution in [0.25, 0.3) is 0 Å². The fourth-order valence-corrected chi connectivity index (χ4v) is 2.39.